The molecule has 2 aromatic rings. The molecule has 0 nitrogen and oxygen atoms in total. The quantitative estimate of drug-likeness (QED) is 0.359. The Morgan fingerprint density at radius 2 is 1.47 bits per heavy atom. The first-order chi connectivity index (χ1) is 7.93. The van der Waals surface area contributed by atoms with Crippen LogP contribution in [-0.4, -0.2) is 0 Å². The van der Waals surface area contributed by atoms with E-state index in [-0.39, 0.29) is 50.7 Å². The van der Waals surface area contributed by atoms with Crippen LogP contribution in [0.2, 0.25) is 0 Å². The van der Waals surface area contributed by atoms with Gasteiger partial charge in [-0.3, -0.25) is 6.08 Å². The van der Waals surface area contributed by atoms with Crippen molar-refractivity contribution in [1.82, 2.24) is 0 Å². The summed E-state index contributed by atoms with van der Waals surface area (Å²) in [7, 11) is 0. The van der Waals surface area contributed by atoms with Gasteiger partial charge in [0.15, 0.2) is 0 Å². The zero-order chi connectivity index (χ0) is 10.8. The Morgan fingerprint density at radius 1 is 0.842 bits per heavy atom. The van der Waals surface area contributed by atoms with Gasteiger partial charge in [0.25, 0.3) is 0 Å². The number of benzene rings is 2. The molecule has 0 saturated carbocycles. The number of rotatable bonds is 2. The van der Waals surface area contributed by atoms with Crippen molar-refractivity contribution in [2.75, 3.05) is 0 Å². The van der Waals surface area contributed by atoms with Crippen molar-refractivity contribution in [2.24, 2.45) is 0 Å². The zero-order valence-corrected chi connectivity index (χ0v) is 15.4. The van der Waals surface area contributed by atoms with Gasteiger partial charge in [0.05, 0.1) is 0 Å². The maximum atomic E-state index is 3.45. The van der Waals surface area contributed by atoms with Crippen LogP contribution in [0.15, 0.2) is 54.6 Å². The van der Waals surface area contributed by atoms with Gasteiger partial charge in [-0.1, -0.05) is 54.4 Å². The van der Waals surface area contributed by atoms with E-state index in [1.54, 1.807) is 0 Å². The molecule has 0 heterocycles. The van der Waals surface area contributed by atoms with Crippen LogP contribution in [0.25, 0.3) is 6.08 Å². The summed E-state index contributed by atoms with van der Waals surface area (Å²) < 4.78 is 0. The molecule has 0 radical (unpaired) electrons. The summed E-state index contributed by atoms with van der Waals surface area (Å²) in [5.74, 6) is 0.429. The summed E-state index contributed by atoms with van der Waals surface area (Å²) in [5, 5.41) is 0. The third-order valence-electron chi connectivity index (χ3n) is 3.09. The second-order valence-corrected chi connectivity index (χ2v) is 4.18. The van der Waals surface area contributed by atoms with E-state index in [4.69, 9.17) is 0 Å². The van der Waals surface area contributed by atoms with Crippen molar-refractivity contribution in [3.05, 3.63) is 77.4 Å². The van der Waals surface area contributed by atoms with E-state index in [9.17, 15) is 0 Å². The van der Waals surface area contributed by atoms with E-state index in [0.717, 1.165) is 6.42 Å². The van der Waals surface area contributed by atoms with Gasteiger partial charge in [0, 0.05) is 25.8 Å². The molecule has 98 valence electrons. The molecule has 1 atom stereocenters. The molecule has 1 aliphatic carbocycles. The smallest absolute Gasteiger partial charge is 0 e. The molecule has 0 aliphatic heterocycles. The van der Waals surface area contributed by atoms with E-state index in [2.05, 4.69) is 66.7 Å². The fourth-order valence-electron chi connectivity index (χ4n) is 2.26. The largest absolute Gasteiger partial charge is 1.00 e. The van der Waals surface area contributed by atoms with Gasteiger partial charge >= 0.3 is 0 Å². The maximum absolute atomic E-state index is 3.45. The number of hydrogen-bond donors (Lipinski definition) is 0. The van der Waals surface area contributed by atoms with E-state index in [1.807, 2.05) is 0 Å². The van der Waals surface area contributed by atoms with Gasteiger partial charge in [-0.05, 0) is 12.0 Å². The first-order valence-corrected chi connectivity index (χ1v) is 5.65. The Labute approximate surface area is 145 Å². The minimum absolute atomic E-state index is 0. The average molecular weight is 455 g/mol. The number of allylic oxidation sites excluding steroid dienone is 1. The van der Waals surface area contributed by atoms with Crippen LogP contribution in [0.3, 0.4) is 0 Å². The van der Waals surface area contributed by atoms with Gasteiger partial charge in [-0.15, -0.1) is 11.6 Å². The van der Waals surface area contributed by atoms with Gasteiger partial charge in [0.1, 0.15) is 0 Å². The third-order valence-corrected chi connectivity index (χ3v) is 3.09. The summed E-state index contributed by atoms with van der Waals surface area (Å²) in [6, 6.07) is 19.2. The normalized spacial score (nSPS) is 14.6. The standard InChI is InChI=1S/C16H13.2ClH.Hf/c1-2-6-13(7-3-1)12-15-11-10-14-8-4-5-9-16(14)15;;;/h1-10,15H,12H2;2*1H;/q-1;;;/p-2. The maximum Gasteiger partial charge on any atom is 0 e. The molecule has 0 bridgehead atoms. The molecular weight excluding hydrogens is 442 g/mol. The molecule has 0 spiro atoms. The van der Waals surface area contributed by atoms with Crippen molar-refractivity contribution in [2.45, 2.75) is 12.3 Å². The van der Waals surface area contributed by atoms with Crippen LogP contribution in [0.5, 0.6) is 0 Å². The van der Waals surface area contributed by atoms with E-state index < -0.39 is 0 Å². The molecule has 0 fully saturated rings. The van der Waals surface area contributed by atoms with Crippen molar-refractivity contribution < 1.29 is 50.7 Å². The van der Waals surface area contributed by atoms with Crippen molar-refractivity contribution in [3.63, 3.8) is 0 Å². The van der Waals surface area contributed by atoms with Gasteiger partial charge < -0.3 is 24.8 Å². The molecule has 3 rings (SSSR count). The Kier molecular flexibility index (Phi) is 8.56. The second kappa shape index (κ2) is 8.73. The van der Waals surface area contributed by atoms with Crippen LogP contribution in [0.1, 0.15) is 22.6 Å². The summed E-state index contributed by atoms with van der Waals surface area (Å²) in [6.45, 7) is 0. The van der Waals surface area contributed by atoms with E-state index in [1.165, 1.54) is 16.7 Å². The van der Waals surface area contributed by atoms with Crippen LogP contribution in [-0.2, 0) is 32.3 Å². The fourth-order valence-corrected chi connectivity index (χ4v) is 2.26. The van der Waals surface area contributed by atoms with E-state index >= 15 is 0 Å². The van der Waals surface area contributed by atoms with Crippen molar-refractivity contribution in [1.29, 1.82) is 0 Å². The summed E-state index contributed by atoms with van der Waals surface area (Å²) in [6.07, 6.45) is 6.61. The topological polar surface area (TPSA) is 0 Å². The Bertz CT molecular complexity index is 523. The predicted octanol–water partition coefficient (Wildman–Crippen LogP) is -2.15. The molecular formula is C16H13Cl2Hf-3. The van der Waals surface area contributed by atoms with Crippen molar-refractivity contribution in [3.8, 4) is 0 Å². The monoisotopic (exact) mass is 455 g/mol. The van der Waals surface area contributed by atoms with Crippen LogP contribution >= 0.6 is 0 Å². The second-order valence-electron chi connectivity index (χ2n) is 4.18. The van der Waals surface area contributed by atoms with Gasteiger partial charge in [-0.25, -0.2) is 6.08 Å². The molecule has 1 unspecified atom stereocenters. The number of hydrogen-bond acceptors (Lipinski definition) is 0. The van der Waals surface area contributed by atoms with Crippen molar-refractivity contribution >= 4 is 6.08 Å². The molecule has 2 aromatic carbocycles. The molecule has 0 aromatic heterocycles. The first kappa shape index (κ1) is 18.6. The minimum atomic E-state index is 0. The Hall–Kier alpha value is -0.370. The van der Waals surface area contributed by atoms with Crippen LogP contribution in [0, 0.1) is 6.08 Å². The summed E-state index contributed by atoms with van der Waals surface area (Å²) in [4.78, 5) is 0. The zero-order valence-electron chi connectivity index (χ0n) is 10.3. The SMILES string of the molecule is [C-]1=Cc2ccccc2C1Cc1ccccc1.[Cl-].[Cl-].[Hf]. The first-order valence-electron chi connectivity index (χ1n) is 5.65. The number of halogens is 2. The summed E-state index contributed by atoms with van der Waals surface area (Å²) in [5.41, 5.74) is 4.11. The van der Waals surface area contributed by atoms with Gasteiger partial charge in [0.2, 0.25) is 0 Å². The van der Waals surface area contributed by atoms with Gasteiger partial charge in [-0.2, -0.15) is 5.56 Å². The molecule has 0 amide bonds. The van der Waals surface area contributed by atoms with Crippen LogP contribution < -0.4 is 24.8 Å². The third kappa shape index (κ3) is 4.31. The molecule has 1 aliphatic rings. The molecule has 3 heteroatoms. The predicted molar refractivity (Wildman–Crippen MR) is 67.0 cm³/mol. The average Bonchev–Trinajstić information content (AvgIpc) is 2.74. The fraction of sp³-hybridized carbons (Fsp3) is 0.125. The molecule has 0 saturated heterocycles. The molecule has 0 N–H and O–H groups in total. The summed E-state index contributed by atoms with van der Waals surface area (Å²) >= 11 is 0. The van der Waals surface area contributed by atoms with E-state index in [0.29, 0.717) is 5.92 Å². The Morgan fingerprint density at radius 3 is 2.21 bits per heavy atom. The molecule has 19 heavy (non-hydrogen) atoms. The number of fused-ring (bicyclic) bond motifs is 1. The van der Waals surface area contributed by atoms with Crippen LogP contribution in [0.4, 0.5) is 0 Å². The Balaban J connectivity index is 0.00000108. The minimum Gasteiger partial charge on any atom is -1.00 e.